The third-order valence-electron chi connectivity index (χ3n) is 2.46. The zero-order chi connectivity index (χ0) is 12.3. The average Bonchev–Trinajstić information content (AvgIpc) is 2.67. The van der Waals surface area contributed by atoms with E-state index in [4.69, 9.17) is 0 Å². The average molecular weight is 312 g/mol. The monoisotopic (exact) mass is 311 g/mol. The highest BCUT2D eigenvalue weighted by atomic mass is 79.9. The van der Waals surface area contributed by atoms with Crippen molar-refractivity contribution in [3.8, 4) is 0 Å². The minimum Gasteiger partial charge on any atom is -0.392 e. The summed E-state index contributed by atoms with van der Waals surface area (Å²) in [6.07, 6.45) is 0.947. The molecular weight excluding hydrogens is 298 g/mol. The molecule has 0 saturated heterocycles. The number of rotatable bonds is 4. The lowest BCUT2D eigenvalue weighted by molar-refractivity contribution is 0.175. The van der Waals surface area contributed by atoms with Crippen LogP contribution in [-0.4, -0.2) is 16.2 Å². The van der Waals surface area contributed by atoms with Gasteiger partial charge in [0.15, 0.2) is 0 Å². The molecule has 0 bridgehead atoms. The first-order chi connectivity index (χ1) is 8.13. The Morgan fingerprint density at radius 2 is 2.00 bits per heavy atom. The molecule has 1 N–H and O–H groups in total. The molecule has 90 valence electrons. The predicted octanol–water partition coefficient (Wildman–Crippen LogP) is 3.36. The molecule has 1 aromatic carbocycles. The quantitative estimate of drug-likeness (QED) is 0.939. The number of benzene rings is 1. The Kier molecular flexibility index (Phi) is 4.31. The van der Waals surface area contributed by atoms with Gasteiger partial charge in [0.2, 0.25) is 0 Å². The summed E-state index contributed by atoms with van der Waals surface area (Å²) in [5.41, 5.74) is 2.18. The summed E-state index contributed by atoms with van der Waals surface area (Å²) < 4.78 is 1.06. The maximum absolute atomic E-state index is 9.99. The van der Waals surface area contributed by atoms with Crippen molar-refractivity contribution in [2.24, 2.45) is 0 Å². The van der Waals surface area contributed by atoms with Crippen molar-refractivity contribution in [3.63, 3.8) is 0 Å². The van der Waals surface area contributed by atoms with Gasteiger partial charge in [-0.1, -0.05) is 28.1 Å². The molecule has 1 atom stereocenters. The summed E-state index contributed by atoms with van der Waals surface area (Å²) in [4.78, 5) is 4.36. The Labute approximate surface area is 113 Å². The van der Waals surface area contributed by atoms with Gasteiger partial charge < -0.3 is 5.11 Å². The number of hydrogen-bond acceptors (Lipinski definition) is 3. The van der Waals surface area contributed by atoms with Gasteiger partial charge in [0.25, 0.3) is 0 Å². The fourth-order valence-corrected chi connectivity index (χ4v) is 2.77. The van der Waals surface area contributed by atoms with Crippen LogP contribution in [0.25, 0.3) is 0 Å². The van der Waals surface area contributed by atoms with Crippen LogP contribution in [0.4, 0.5) is 0 Å². The van der Waals surface area contributed by atoms with Crippen molar-refractivity contribution < 1.29 is 5.11 Å². The van der Waals surface area contributed by atoms with Crippen molar-refractivity contribution in [2.75, 3.05) is 0 Å². The summed E-state index contributed by atoms with van der Waals surface area (Å²) in [7, 11) is 0. The number of aliphatic hydroxyl groups excluding tert-OH is 1. The van der Waals surface area contributed by atoms with E-state index in [0.717, 1.165) is 20.7 Å². The topological polar surface area (TPSA) is 33.1 Å². The van der Waals surface area contributed by atoms with E-state index in [1.54, 1.807) is 11.3 Å². The second kappa shape index (κ2) is 5.76. The number of aryl methyl sites for hydroxylation is 1. The second-order valence-electron chi connectivity index (χ2n) is 4.07. The normalized spacial score (nSPS) is 12.6. The zero-order valence-corrected chi connectivity index (χ0v) is 12.0. The van der Waals surface area contributed by atoms with Crippen LogP contribution < -0.4 is 0 Å². The summed E-state index contributed by atoms with van der Waals surface area (Å²) in [5, 5.41) is 13.0. The third kappa shape index (κ3) is 3.91. The largest absolute Gasteiger partial charge is 0.392 e. The van der Waals surface area contributed by atoms with Gasteiger partial charge >= 0.3 is 0 Å². The SMILES string of the molecule is Cc1csc(CC(O)Cc2ccc(Br)cc2)n1. The Morgan fingerprint density at radius 3 is 2.59 bits per heavy atom. The van der Waals surface area contributed by atoms with Crippen LogP contribution in [0.5, 0.6) is 0 Å². The van der Waals surface area contributed by atoms with Crippen molar-refractivity contribution in [1.29, 1.82) is 0 Å². The van der Waals surface area contributed by atoms with Crippen LogP contribution >= 0.6 is 27.3 Å². The molecule has 0 fully saturated rings. The van der Waals surface area contributed by atoms with E-state index in [1.165, 1.54) is 0 Å². The highest BCUT2D eigenvalue weighted by Gasteiger charge is 2.09. The van der Waals surface area contributed by atoms with Gasteiger partial charge in [-0.15, -0.1) is 11.3 Å². The number of aromatic nitrogens is 1. The molecular formula is C13H14BrNOS. The van der Waals surface area contributed by atoms with Gasteiger partial charge in [0.1, 0.15) is 0 Å². The van der Waals surface area contributed by atoms with Gasteiger partial charge in [-0.3, -0.25) is 0 Å². The van der Waals surface area contributed by atoms with E-state index in [0.29, 0.717) is 12.8 Å². The first-order valence-electron chi connectivity index (χ1n) is 5.47. The van der Waals surface area contributed by atoms with Crippen molar-refractivity contribution >= 4 is 27.3 Å². The van der Waals surface area contributed by atoms with E-state index in [1.807, 2.05) is 36.6 Å². The number of thiazole rings is 1. The molecule has 2 aromatic rings. The van der Waals surface area contributed by atoms with Crippen LogP contribution in [0.1, 0.15) is 16.3 Å². The molecule has 2 rings (SSSR count). The summed E-state index contributed by atoms with van der Waals surface area (Å²) in [6, 6.07) is 8.05. The molecule has 1 aromatic heterocycles. The van der Waals surface area contributed by atoms with E-state index in [2.05, 4.69) is 20.9 Å². The minimum atomic E-state index is -0.360. The Morgan fingerprint density at radius 1 is 1.29 bits per heavy atom. The molecule has 0 spiro atoms. The lowest BCUT2D eigenvalue weighted by atomic mass is 10.1. The second-order valence-corrected chi connectivity index (χ2v) is 5.93. The first-order valence-corrected chi connectivity index (χ1v) is 7.14. The van der Waals surface area contributed by atoms with E-state index in [9.17, 15) is 5.11 Å². The maximum atomic E-state index is 9.99. The van der Waals surface area contributed by atoms with Gasteiger partial charge in [-0.2, -0.15) is 0 Å². The zero-order valence-electron chi connectivity index (χ0n) is 9.56. The summed E-state index contributed by atoms with van der Waals surface area (Å²) in [6.45, 7) is 1.97. The van der Waals surface area contributed by atoms with E-state index < -0.39 is 0 Å². The highest BCUT2D eigenvalue weighted by molar-refractivity contribution is 9.10. The molecule has 0 amide bonds. The highest BCUT2D eigenvalue weighted by Crippen LogP contribution is 2.15. The van der Waals surface area contributed by atoms with Crippen molar-refractivity contribution in [1.82, 2.24) is 4.98 Å². The minimum absolute atomic E-state index is 0.360. The van der Waals surface area contributed by atoms with Crippen LogP contribution in [0.3, 0.4) is 0 Å². The summed E-state index contributed by atoms with van der Waals surface area (Å²) in [5.74, 6) is 0. The van der Waals surface area contributed by atoms with E-state index >= 15 is 0 Å². The van der Waals surface area contributed by atoms with Gasteiger partial charge in [0.05, 0.1) is 11.1 Å². The Balaban J connectivity index is 1.93. The molecule has 1 heterocycles. The van der Waals surface area contributed by atoms with Crippen LogP contribution in [-0.2, 0) is 12.8 Å². The smallest absolute Gasteiger partial charge is 0.0954 e. The molecule has 0 aliphatic carbocycles. The first kappa shape index (κ1) is 12.7. The third-order valence-corrected chi connectivity index (χ3v) is 3.98. The predicted molar refractivity (Wildman–Crippen MR) is 74.4 cm³/mol. The maximum Gasteiger partial charge on any atom is 0.0954 e. The molecule has 0 aliphatic heterocycles. The Hall–Kier alpha value is -0.710. The van der Waals surface area contributed by atoms with Crippen LogP contribution in [0.2, 0.25) is 0 Å². The van der Waals surface area contributed by atoms with Crippen LogP contribution in [0.15, 0.2) is 34.1 Å². The summed E-state index contributed by atoms with van der Waals surface area (Å²) >= 11 is 5.01. The molecule has 17 heavy (non-hydrogen) atoms. The number of hydrogen-bond donors (Lipinski definition) is 1. The van der Waals surface area contributed by atoms with Crippen LogP contribution in [0, 0.1) is 6.92 Å². The fourth-order valence-electron chi connectivity index (χ4n) is 1.66. The lowest BCUT2D eigenvalue weighted by Gasteiger charge is -2.08. The molecule has 1 unspecified atom stereocenters. The van der Waals surface area contributed by atoms with Gasteiger partial charge in [0, 0.05) is 22.0 Å². The van der Waals surface area contributed by atoms with E-state index in [-0.39, 0.29) is 6.10 Å². The van der Waals surface area contributed by atoms with Gasteiger partial charge in [-0.25, -0.2) is 4.98 Å². The molecule has 0 radical (unpaired) electrons. The van der Waals surface area contributed by atoms with Crippen molar-refractivity contribution in [2.45, 2.75) is 25.9 Å². The van der Waals surface area contributed by atoms with Gasteiger partial charge in [-0.05, 0) is 31.0 Å². The molecule has 2 nitrogen and oxygen atoms in total. The lowest BCUT2D eigenvalue weighted by Crippen LogP contribution is -2.13. The standard InChI is InChI=1S/C13H14BrNOS/c1-9-8-17-13(15-9)7-12(16)6-10-2-4-11(14)5-3-10/h2-5,8,12,16H,6-7H2,1H3. The molecule has 4 heteroatoms. The number of nitrogens with zero attached hydrogens (tertiary/aromatic N) is 1. The molecule has 0 aliphatic rings. The van der Waals surface area contributed by atoms with Crippen molar-refractivity contribution in [3.05, 3.63) is 50.4 Å². The molecule has 0 saturated carbocycles. The fraction of sp³-hybridized carbons (Fsp3) is 0.308. The number of aliphatic hydroxyl groups is 1. The number of halogens is 1. The Bertz CT molecular complexity index is 480.